The van der Waals surface area contributed by atoms with Crippen LogP contribution >= 0.6 is 0 Å². The molecule has 0 saturated carbocycles. The third-order valence-electron chi connectivity index (χ3n) is 1.89. The van der Waals surface area contributed by atoms with Gasteiger partial charge in [-0.3, -0.25) is 4.68 Å². The van der Waals surface area contributed by atoms with Gasteiger partial charge in [0.2, 0.25) is 0 Å². The number of aliphatic imine (C=N–C) groups is 1. The van der Waals surface area contributed by atoms with Gasteiger partial charge >= 0.3 is 0 Å². The average Bonchev–Trinajstić information content (AvgIpc) is 2.58. The summed E-state index contributed by atoms with van der Waals surface area (Å²) in [5.41, 5.74) is 6.68. The highest BCUT2D eigenvalue weighted by atomic mass is 15.3. The molecule has 0 unspecified atom stereocenters. The van der Waals surface area contributed by atoms with Gasteiger partial charge in [-0.25, -0.2) is 4.99 Å². The van der Waals surface area contributed by atoms with E-state index in [9.17, 15) is 0 Å². The first-order valence-corrected chi connectivity index (χ1v) is 4.74. The number of hydrogen-bond donors (Lipinski definition) is 2. The summed E-state index contributed by atoms with van der Waals surface area (Å²) in [6.07, 6.45) is 2.79. The molecular weight excluding hydrogens is 178 g/mol. The van der Waals surface area contributed by atoms with Gasteiger partial charge in [-0.05, 0) is 12.5 Å². The van der Waals surface area contributed by atoms with E-state index in [0.717, 1.165) is 18.7 Å². The Bertz CT molecular complexity index is 302. The van der Waals surface area contributed by atoms with Gasteiger partial charge in [0.05, 0.1) is 12.2 Å². The summed E-state index contributed by atoms with van der Waals surface area (Å²) in [6.45, 7) is 3.52. The van der Waals surface area contributed by atoms with E-state index < -0.39 is 0 Å². The lowest BCUT2D eigenvalue weighted by Gasteiger charge is -2.03. The maximum absolute atomic E-state index is 5.64. The van der Waals surface area contributed by atoms with Crippen LogP contribution in [0.3, 0.4) is 0 Å². The maximum atomic E-state index is 5.64. The number of guanidine groups is 1. The summed E-state index contributed by atoms with van der Waals surface area (Å²) < 4.78 is 1.79. The molecule has 0 aliphatic rings. The van der Waals surface area contributed by atoms with Crippen LogP contribution in [-0.4, -0.2) is 22.3 Å². The van der Waals surface area contributed by atoms with Crippen LogP contribution in [0.15, 0.2) is 17.3 Å². The first kappa shape index (κ1) is 10.6. The molecule has 0 atom stereocenters. The summed E-state index contributed by atoms with van der Waals surface area (Å²) in [5.74, 6) is 0.494. The molecule has 0 radical (unpaired) electrons. The second-order valence-corrected chi connectivity index (χ2v) is 3.07. The van der Waals surface area contributed by atoms with Crippen molar-refractivity contribution >= 4 is 5.96 Å². The predicted molar refractivity (Wildman–Crippen MR) is 56.8 cm³/mol. The fourth-order valence-corrected chi connectivity index (χ4v) is 1.03. The van der Waals surface area contributed by atoms with Crippen LogP contribution in [0.2, 0.25) is 0 Å². The topological polar surface area (TPSA) is 68.2 Å². The maximum Gasteiger partial charge on any atom is 0.188 e. The van der Waals surface area contributed by atoms with Gasteiger partial charge in [0, 0.05) is 19.8 Å². The first-order chi connectivity index (χ1) is 6.74. The van der Waals surface area contributed by atoms with Crippen molar-refractivity contribution in [3.63, 3.8) is 0 Å². The van der Waals surface area contributed by atoms with Crippen LogP contribution in [0.5, 0.6) is 0 Å². The minimum atomic E-state index is 0.494. The number of hydrogen-bond acceptors (Lipinski definition) is 2. The van der Waals surface area contributed by atoms with E-state index in [2.05, 4.69) is 22.3 Å². The van der Waals surface area contributed by atoms with Crippen LogP contribution < -0.4 is 11.1 Å². The largest absolute Gasteiger partial charge is 0.370 e. The molecule has 78 valence electrons. The molecule has 1 heterocycles. The average molecular weight is 195 g/mol. The lowest BCUT2D eigenvalue weighted by molar-refractivity contribution is 0.710. The Kier molecular flexibility index (Phi) is 3.97. The zero-order valence-electron chi connectivity index (χ0n) is 8.70. The van der Waals surface area contributed by atoms with Gasteiger partial charge in [-0.2, -0.15) is 5.10 Å². The first-order valence-electron chi connectivity index (χ1n) is 4.74. The molecule has 0 aliphatic heterocycles. The SMILES string of the molecule is CCCNC(N)=NCc1ccnn1C. The molecule has 0 fully saturated rings. The van der Waals surface area contributed by atoms with Crippen molar-refractivity contribution in [1.29, 1.82) is 0 Å². The lowest BCUT2D eigenvalue weighted by Crippen LogP contribution is -2.32. The van der Waals surface area contributed by atoms with Gasteiger partial charge in [-0.1, -0.05) is 6.92 Å². The summed E-state index contributed by atoms with van der Waals surface area (Å²) in [7, 11) is 1.89. The van der Waals surface area contributed by atoms with Crippen molar-refractivity contribution in [2.45, 2.75) is 19.9 Å². The highest BCUT2D eigenvalue weighted by molar-refractivity contribution is 5.77. The lowest BCUT2D eigenvalue weighted by atomic mass is 10.4. The highest BCUT2D eigenvalue weighted by Gasteiger charge is 1.96. The van der Waals surface area contributed by atoms with Crippen molar-refractivity contribution in [3.8, 4) is 0 Å². The molecule has 14 heavy (non-hydrogen) atoms. The van der Waals surface area contributed by atoms with Gasteiger partial charge < -0.3 is 11.1 Å². The molecule has 5 heteroatoms. The standard InChI is InChI=1S/C9H17N5/c1-3-5-11-9(10)12-7-8-4-6-13-14(8)2/h4,6H,3,5,7H2,1-2H3,(H3,10,11,12). The quantitative estimate of drug-likeness (QED) is 0.534. The molecule has 1 aromatic heterocycles. The summed E-state index contributed by atoms with van der Waals surface area (Å²) in [4.78, 5) is 4.19. The third kappa shape index (κ3) is 3.08. The van der Waals surface area contributed by atoms with Gasteiger partial charge in [0.1, 0.15) is 0 Å². The molecule has 0 saturated heterocycles. The van der Waals surface area contributed by atoms with Gasteiger partial charge in [0.15, 0.2) is 5.96 Å². The van der Waals surface area contributed by atoms with Crippen LogP contribution in [0.1, 0.15) is 19.0 Å². The molecule has 0 aliphatic carbocycles. The zero-order chi connectivity index (χ0) is 10.4. The number of aromatic nitrogens is 2. The van der Waals surface area contributed by atoms with Crippen molar-refractivity contribution < 1.29 is 0 Å². The van der Waals surface area contributed by atoms with Crippen molar-refractivity contribution in [1.82, 2.24) is 15.1 Å². The molecule has 0 aromatic carbocycles. The molecule has 0 amide bonds. The van der Waals surface area contributed by atoms with E-state index >= 15 is 0 Å². The predicted octanol–water partition coefficient (Wildman–Crippen LogP) is 0.234. The van der Waals surface area contributed by atoms with Crippen molar-refractivity contribution in [2.24, 2.45) is 17.8 Å². The molecule has 1 aromatic rings. The third-order valence-corrected chi connectivity index (χ3v) is 1.89. The fraction of sp³-hybridized carbons (Fsp3) is 0.556. The fourth-order valence-electron chi connectivity index (χ4n) is 1.03. The molecule has 0 bridgehead atoms. The molecule has 3 N–H and O–H groups in total. The Morgan fingerprint density at radius 3 is 3.07 bits per heavy atom. The molecule has 1 rings (SSSR count). The van der Waals surface area contributed by atoms with Crippen LogP contribution in [-0.2, 0) is 13.6 Å². The van der Waals surface area contributed by atoms with Gasteiger partial charge in [-0.15, -0.1) is 0 Å². The summed E-state index contributed by atoms with van der Waals surface area (Å²) in [6, 6.07) is 1.93. The van der Waals surface area contributed by atoms with Crippen LogP contribution in [0, 0.1) is 0 Å². The molecule has 0 spiro atoms. The van der Waals surface area contributed by atoms with Crippen molar-refractivity contribution in [3.05, 3.63) is 18.0 Å². The Balaban J connectivity index is 2.42. The van der Waals surface area contributed by atoms with Crippen LogP contribution in [0.4, 0.5) is 0 Å². The number of aryl methyl sites for hydroxylation is 1. The zero-order valence-corrected chi connectivity index (χ0v) is 8.70. The second kappa shape index (κ2) is 5.26. The Labute approximate surface area is 84.0 Å². The van der Waals surface area contributed by atoms with Gasteiger partial charge in [0.25, 0.3) is 0 Å². The molecule has 5 nitrogen and oxygen atoms in total. The second-order valence-electron chi connectivity index (χ2n) is 3.07. The highest BCUT2D eigenvalue weighted by Crippen LogP contribution is 1.97. The van der Waals surface area contributed by atoms with Crippen molar-refractivity contribution in [2.75, 3.05) is 6.54 Å². The Morgan fingerprint density at radius 1 is 1.71 bits per heavy atom. The Morgan fingerprint density at radius 2 is 2.50 bits per heavy atom. The normalized spacial score (nSPS) is 11.7. The molecular formula is C9H17N5. The number of nitrogens with one attached hydrogen (secondary N) is 1. The smallest absolute Gasteiger partial charge is 0.188 e. The summed E-state index contributed by atoms with van der Waals surface area (Å²) in [5, 5.41) is 7.06. The minimum Gasteiger partial charge on any atom is -0.370 e. The van der Waals surface area contributed by atoms with E-state index in [1.807, 2.05) is 13.1 Å². The van der Waals surface area contributed by atoms with Crippen LogP contribution in [0.25, 0.3) is 0 Å². The minimum absolute atomic E-state index is 0.494. The number of nitrogens with zero attached hydrogens (tertiary/aromatic N) is 3. The van der Waals surface area contributed by atoms with E-state index in [4.69, 9.17) is 5.73 Å². The van der Waals surface area contributed by atoms with E-state index in [1.54, 1.807) is 10.9 Å². The number of rotatable bonds is 4. The van der Waals surface area contributed by atoms with E-state index in [-0.39, 0.29) is 0 Å². The Hall–Kier alpha value is -1.52. The summed E-state index contributed by atoms with van der Waals surface area (Å²) >= 11 is 0. The van der Waals surface area contributed by atoms with E-state index in [1.165, 1.54) is 0 Å². The monoisotopic (exact) mass is 195 g/mol. The number of nitrogens with two attached hydrogens (primary N) is 1. The van der Waals surface area contributed by atoms with E-state index in [0.29, 0.717) is 12.5 Å².